The lowest BCUT2D eigenvalue weighted by atomic mass is 10.1. The minimum Gasteiger partial charge on any atom is -0.273 e. The van der Waals surface area contributed by atoms with Gasteiger partial charge in [0.2, 0.25) is 5.91 Å². The van der Waals surface area contributed by atoms with E-state index >= 15 is 0 Å². The van der Waals surface area contributed by atoms with Crippen LogP contribution in [0.15, 0.2) is 36.7 Å². The zero-order valence-corrected chi connectivity index (χ0v) is 8.71. The highest BCUT2D eigenvalue weighted by Crippen LogP contribution is 2.22. The first kappa shape index (κ1) is 9.03. The molecule has 0 N–H and O–H groups in total. The Bertz CT molecular complexity index is 700. The number of pyridine rings is 1. The van der Waals surface area contributed by atoms with Crippen molar-refractivity contribution in [3.05, 3.63) is 36.7 Å². The monoisotopic (exact) mass is 211 g/mol. The summed E-state index contributed by atoms with van der Waals surface area (Å²) < 4.78 is 1.36. The summed E-state index contributed by atoms with van der Waals surface area (Å²) in [6, 6.07) is 7.66. The molecule has 2 aromatic heterocycles. The third-order valence-corrected chi connectivity index (χ3v) is 2.59. The molecule has 0 spiro atoms. The number of nitrogens with zero attached hydrogens (tertiary/aromatic N) is 3. The van der Waals surface area contributed by atoms with Gasteiger partial charge in [-0.05, 0) is 18.2 Å². The molecule has 3 rings (SSSR count). The Morgan fingerprint density at radius 3 is 2.81 bits per heavy atom. The topological polar surface area (TPSA) is 47.8 Å². The van der Waals surface area contributed by atoms with Crippen molar-refractivity contribution >= 4 is 27.7 Å². The van der Waals surface area contributed by atoms with Crippen LogP contribution in [0.2, 0.25) is 0 Å². The Morgan fingerprint density at radius 2 is 2.00 bits per heavy atom. The fraction of sp³-hybridized carbons (Fsp3) is 0.0833. The molecule has 0 aliphatic carbocycles. The largest absolute Gasteiger partial charge is 0.273 e. The van der Waals surface area contributed by atoms with Gasteiger partial charge in [0.1, 0.15) is 0 Å². The van der Waals surface area contributed by atoms with Gasteiger partial charge < -0.3 is 0 Å². The molecule has 0 bridgehead atoms. The van der Waals surface area contributed by atoms with E-state index in [4.69, 9.17) is 0 Å². The van der Waals surface area contributed by atoms with Gasteiger partial charge in [-0.1, -0.05) is 6.07 Å². The number of aromatic nitrogens is 3. The number of fused-ring (bicyclic) bond motifs is 3. The van der Waals surface area contributed by atoms with Crippen molar-refractivity contribution in [3.63, 3.8) is 0 Å². The van der Waals surface area contributed by atoms with Crippen LogP contribution in [-0.4, -0.2) is 20.7 Å². The number of rotatable bonds is 0. The van der Waals surface area contributed by atoms with Crippen LogP contribution >= 0.6 is 0 Å². The molecule has 78 valence electrons. The molecule has 1 aromatic carbocycles. The second-order valence-corrected chi connectivity index (χ2v) is 3.66. The van der Waals surface area contributed by atoms with Crippen LogP contribution in [0.3, 0.4) is 0 Å². The van der Waals surface area contributed by atoms with Crippen LogP contribution in [0.4, 0.5) is 0 Å². The Labute approximate surface area is 91.5 Å². The minimum atomic E-state index is -0.0896. The molecule has 0 fully saturated rings. The highest BCUT2D eigenvalue weighted by atomic mass is 16.2. The van der Waals surface area contributed by atoms with Crippen LogP contribution < -0.4 is 0 Å². The van der Waals surface area contributed by atoms with E-state index in [1.807, 2.05) is 24.3 Å². The van der Waals surface area contributed by atoms with E-state index in [2.05, 4.69) is 10.1 Å². The lowest BCUT2D eigenvalue weighted by molar-refractivity contribution is 0.0922. The molecule has 0 saturated carbocycles. The summed E-state index contributed by atoms with van der Waals surface area (Å²) in [5.74, 6) is -0.0896. The molecule has 0 amide bonds. The highest BCUT2D eigenvalue weighted by molar-refractivity contribution is 6.05. The first-order valence-electron chi connectivity index (χ1n) is 5.00. The molecule has 16 heavy (non-hydrogen) atoms. The second kappa shape index (κ2) is 3.13. The van der Waals surface area contributed by atoms with E-state index in [-0.39, 0.29) is 5.91 Å². The summed E-state index contributed by atoms with van der Waals surface area (Å²) in [4.78, 5) is 15.5. The van der Waals surface area contributed by atoms with E-state index in [0.717, 1.165) is 21.8 Å². The average Bonchev–Trinajstić information content (AvgIpc) is 2.73. The van der Waals surface area contributed by atoms with Crippen molar-refractivity contribution in [2.45, 2.75) is 6.92 Å². The van der Waals surface area contributed by atoms with Crippen molar-refractivity contribution in [3.8, 4) is 0 Å². The van der Waals surface area contributed by atoms with Gasteiger partial charge in [0.15, 0.2) is 0 Å². The molecule has 4 nitrogen and oxygen atoms in total. The van der Waals surface area contributed by atoms with Gasteiger partial charge in [-0.3, -0.25) is 9.78 Å². The van der Waals surface area contributed by atoms with Gasteiger partial charge in [-0.15, -0.1) is 0 Å². The predicted molar refractivity (Wildman–Crippen MR) is 61.3 cm³/mol. The van der Waals surface area contributed by atoms with Crippen molar-refractivity contribution in [2.24, 2.45) is 0 Å². The summed E-state index contributed by atoms with van der Waals surface area (Å²) in [5, 5.41) is 6.18. The Kier molecular flexibility index (Phi) is 1.77. The molecule has 3 aromatic rings. The van der Waals surface area contributed by atoms with Crippen molar-refractivity contribution in [2.75, 3.05) is 0 Å². The molecule has 2 heterocycles. The first-order chi connectivity index (χ1) is 7.75. The lowest BCUT2D eigenvalue weighted by Crippen LogP contribution is -2.04. The zero-order valence-electron chi connectivity index (χ0n) is 8.71. The van der Waals surface area contributed by atoms with Crippen LogP contribution in [0, 0.1) is 0 Å². The van der Waals surface area contributed by atoms with Crippen molar-refractivity contribution in [1.29, 1.82) is 0 Å². The number of benzene rings is 1. The number of hydrogen-bond donors (Lipinski definition) is 0. The third kappa shape index (κ3) is 1.20. The van der Waals surface area contributed by atoms with E-state index < -0.39 is 0 Å². The molecule has 4 heteroatoms. The molecule has 0 aliphatic rings. The zero-order chi connectivity index (χ0) is 11.1. The van der Waals surface area contributed by atoms with E-state index in [9.17, 15) is 4.79 Å². The van der Waals surface area contributed by atoms with Crippen LogP contribution in [0.1, 0.15) is 11.7 Å². The van der Waals surface area contributed by atoms with E-state index in [1.165, 1.54) is 11.6 Å². The Morgan fingerprint density at radius 1 is 1.19 bits per heavy atom. The summed E-state index contributed by atoms with van der Waals surface area (Å²) in [5.41, 5.74) is 1.73. The summed E-state index contributed by atoms with van der Waals surface area (Å²) in [7, 11) is 0. The quantitative estimate of drug-likeness (QED) is 0.573. The predicted octanol–water partition coefficient (Wildman–Crippen LogP) is 2.24. The second-order valence-electron chi connectivity index (χ2n) is 3.66. The normalized spacial score (nSPS) is 11.1. The molecule has 0 aliphatic heterocycles. The van der Waals surface area contributed by atoms with Gasteiger partial charge in [0.25, 0.3) is 0 Å². The van der Waals surface area contributed by atoms with Crippen LogP contribution in [-0.2, 0) is 0 Å². The smallest absolute Gasteiger partial charge is 0.243 e. The van der Waals surface area contributed by atoms with Crippen LogP contribution in [0.5, 0.6) is 0 Å². The SMILES string of the molecule is CC(=O)n1cc2c(ccc3ncccc32)n1. The fourth-order valence-electron chi connectivity index (χ4n) is 1.82. The average molecular weight is 211 g/mol. The molecule has 0 unspecified atom stereocenters. The van der Waals surface area contributed by atoms with Gasteiger partial charge >= 0.3 is 0 Å². The van der Waals surface area contributed by atoms with Gasteiger partial charge in [0.05, 0.1) is 11.0 Å². The summed E-state index contributed by atoms with van der Waals surface area (Å²) in [6.45, 7) is 1.49. The molecular weight excluding hydrogens is 202 g/mol. The van der Waals surface area contributed by atoms with E-state index in [1.54, 1.807) is 12.4 Å². The number of carbonyl (C=O) groups excluding carboxylic acids is 1. The maximum atomic E-state index is 11.2. The van der Waals surface area contributed by atoms with E-state index in [0.29, 0.717) is 0 Å². The van der Waals surface area contributed by atoms with Gasteiger partial charge in [-0.25, -0.2) is 4.68 Å². The Balaban J connectivity index is 2.46. The lowest BCUT2D eigenvalue weighted by Gasteiger charge is -1.95. The molecule has 0 radical (unpaired) electrons. The number of carbonyl (C=O) groups is 1. The first-order valence-corrected chi connectivity index (χ1v) is 5.00. The standard InChI is InChI=1S/C12H9N3O/c1-8(16)15-7-10-9-3-2-6-13-11(9)4-5-12(10)14-15/h2-7H,1H3. The minimum absolute atomic E-state index is 0.0896. The molecule has 0 atom stereocenters. The van der Waals surface area contributed by atoms with Gasteiger partial charge in [-0.2, -0.15) is 5.10 Å². The Hall–Kier alpha value is -2.23. The molecular formula is C12H9N3O. The van der Waals surface area contributed by atoms with Gasteiger partial charge in [0, 0.05) is 30.1 Å². The maximum absolute atomic E-state index is 11.2. The highest BCUT2D eigenvalue weighted by Gasteiger charge is 2.07. The molecule has 0 saturated heterocycles. The summed E-state index contributed by atoms with van der Waals surface area (Å²) in [6.07, 6.45) is 3.51. The number of hydrogen-bond acceptors (Lipinski definition) is 3. The third-order valence-electron chi connectivity index (χ3n) is 2.59. The van der Waals surface area contributed by atoms with Crippen LogP contribution in [0.25, 0.3) is 21.8 Å². The van der Waals surface area contributed by atoms with Crippen molar-refractivity contribution < 1.29 is 4.79 Å². The fourth-order valence-corrected chi connectivity index (χ4v) is 1.82. The summed E-state index contributed by atoms with van der Waals surface area (Å²) >= 11 is 0. The van der Waals surface area contributed by atoms with Crippen molar-refractivity contribution in [1.82, 2.24) is 14.8 Å². The maximum Gasteiger partial charge on any atom is 0.243 e.